The average molecular weight is 158 g/mol. The monoisotopic (exact) mass is 158 g/mol. The lowest BCUT2D eigenvalue weighted by atomic mass is 10.2. The van der Waals surface area contributed by atoms with Crippen LogP contribution in [0.1, 0.15) is 26.2 Å². The highest BCUT2D eigenvalue weighted by Gasteiger charge is 2.22. The number of rotatable bonds is 4. The molecule has 3 nitrogen and oxygen atoms in total. The quantitative estimate of drug-likeness (QED) is 0.454. The normalized spacial score (nSPS) is 23.7. The Kier molecular flexibility index (Phi) is 3.36. The summed E-state index contributed by atoms with van der Waals surface area (Å²) in [6.45, 7) is 3.38. The number of carbonyl (C=O) groups excluding carboxylic acids is 1. The number of esters is 1. The molecule has 1 rings (SSSR count). The molecule has 0 bridgehead atoms. The lowest BCUT2D eigenvalue weighted by Gasteiger charge is -2.08. The van der Waals surface area contributed by atoms with Crippen molar-refractivity contribution >= 4 is 5.97 Å². The van der Waals surface area contributed by atoms with E-state index in [1.807, 2.05) is 0 Å². The van der Waals surface area contributed by atoms with Crippen LogP contribution in [-0.2, 0) is 14.3 Å². The third-order valence-electron chi connectivity index (χ3n) is 1.62. The fourth-order valence-corrected chi connectivity index (χ4v) is 1.06. The highest BCUT2D eigenvalue weighted by Crippen LogP contribution is 2.13. The second-order valence-corrected chi connectivity index (χ2v) is 2.73. The van der Waals surface area contributed by atoms with E-state index in [2.05, 4.69) is 6.92 Å². The molecule has 0 aromatic rings. The first-order chi connectivity index (χ1) is 5.33. The van der Waals surface area contributed by atoms with Gasteiger partial charge in [-0.1, -0.05) is 6.92 Å². The van der Waals surface area contributed by atoms with Crippen molar-refractivity contribution < 1.29 is 14.3 Å². The van der Waals surface area contributed by atoms with Gasteiger partial charge in [-0.3, -0.25) is 4.79 Å². The van der Waals surface area contributed by atoms with Gasteiger partial charge < -0.3 is 9.47 Å². The molecular formula is C8H14O3. The molecule has 1 saturated heterocycles. The van der Waals surface area contributed by atoms with E-state index in [0.717, 1.165) is 19.4 Å². The molecule has 3 heteroatoms. The van der Waals surface area contributed by atoms with Crippen molar-refractivity contribution in [3.8, 4) is 0 Å². The van der Waals surface area contributed by atoms with Crippen molar-refractivity contribution in [2.24, 2.45) is 0 Å². The van der Waals surface area contributed by atoms with E-state index in [1.165, 1.54) is 0 Å². The first kappa shape index (κ1) is 8.53. The van der Waals surface area contributed by atoms with Crippen LogP contribution >= 0.6 is 0 Å². The molecule has 0 saturated carbocycles. The predicted molar refractivity (Wildman–Crippen MR) is 40.2 cm³/mol. The van der Waals surface area contributed by atoms with E-state index in [4.69, 9.17) is 9.47 Å². The summed E-state index contributed by atoms with van der Waals surface area (Å²) in [6.07, 6.45) is 2.41. The van der Waals surface area contributed by atoms with E-state index in [0.29, 0.717) is 13.0 Å². The van der Waals surface area contributed by atoms with Crippen molar-refractivity contribution in [1.82, 2.24) is 0 Å². The zero-order valence-electron chi connectivity index (χ0n) is 6.84. The maximum absolute atomic E-state index is 10.6. The average Bonchev–Trinajstić information content (AvgIpc) is 2.37. The van der Waals surface area contributed by atoms with Gasteiger partial charge in [0, 0.05) is 13.0 Å². The molecule has 1 aliphatic heterocycles. The van der Waals surface area contributed by atoms with Crippen LogP contribution in [0.25, 0.3) is 0 Å². The van der Waals surface area contributed by atoms with Gasteiger partial charge in [-0.2, -0.15) is 0 Å². The lowest BCUT2D eigenvalue weighted by molar-refractivity contribution is -0.143. The first-order valence-corrected chi connectivity index (χ1v) is 4.10. The lowest BCUT2D eigenvalue weighted by Crippen LogP contribution is -2.15. The highest BCUT2D eigenvalue weighted by molar-refractivity contribution is 5.71. The van der Waals surface area contributed by atoms with Crippen LogP contribution in [0.5, 0.6) is 0 Å². The van der Waals surface area contributed by atoms with Crippen molar-refractivity contribution in [2.45, 2.75) is 32.3 Å². The zero-order chi connectivity index (χ0) is 8.10. The summed E-state index contributed by atoms with van der Waals surface area (Å²) in [4.78, 5) is 10.6. The Balaban J connectivity index is 2.04. The Bertz CT molecular complexity index is 133. The summed E-state index contributed by atoms with van der Waals surface area (Å²) in [5.74, 6) is -0.0879. The Hall–Kier alpha value is -0.570. The van der Waals surface area contributed by atoms with Crippen LogP contribution in [0.2, 0.25) is 0 Å². The van der Waals surface area contributed by atoms with Gasteiger partial charge in [0.25, 0.3) is 0 Å². The van der Waals surface area contributed by atoms with Crippen molar-refractivity contribution in [1.29, 1.82) is 0 Å². The van der Waals surface area contributed by atoms with Crippen LogP contribution in [0, 0.1) is 0 Å². The summed E-state index contributed by atoms with van der Waals surface area (Å²) in [5.41, 5.74) is 0. The third-order valence-corrected chi connectivity index (χ3v) is 1.62. The minimum Gasteiger partial charge on any atom is -0.460 e. The van der Waals surface area contributed by atoms with Gasteiger partial charge in [0.1, 0.15) is 6.10 Å². The van der Waals surface area contributed by atoms with E-state index in [-0.39, 0.29) is 12.1 Å². The Labute approximate surface area is 66.7 Å². The van der Waals surface area contributed by atoms with E-state index >= 15 is 0 Å². The molecule has 0 aromatic heterocycles. The van der Waals surface area contributed by atoms with E-state index in [9.17, 15) is 4.79 Å². The Morgan fingerprint density at radius 3 is 3.09 bits per heavy atom. The molecule has 0 N–H and O–H groups in total. The topological polar surface area (TPSA) is 35.5 Å². The minimum absolute atomic E-state index is 0.0223. The number of cyclic esters (lactones) is 1. The largest absolute Gasteiger partial charge is 0.460 e. The first-order valence-electron chi connectivity index (χ1n) is 4.10. The standard InChI is InChI=1S/C8H14O3/c1-2-5-10-6-7-3-4-8(9)11-7/h7H,2-6H2,1H3. The summed E-state index contributed by atoms with van der Waals surface area (Å²) in [5, 5.41) is 0. The molecule has 1 fully saturated rings. The van der Waals surface area contributed by atoms with Gasteiger partial charge >= 0.3 is 5.97 Å². The number of ether oxygens (including phenoxy) is 2. The molecule has 1 heterocycles. The van der Waals surface area contributed by atoms with Gasteiger partial charge in [0.15, 0.2) is 0 Å². The summed E-state index contributed by atoms with van der Waals surface area (Å²) < 4.78 is 10.2. The van der Waals surface area contributed by atoms with Gasteiger partial charge in [-0.05, 0) is 12.8 Å². The summed E-state index contributed by atoms with van der Waals surface area (Å²) in [6, 6.07) is 0. The van der Waals surface area contributed by atoms with Crippen molar-refractivity contribution in [3.05, 3.63) is 0 Å². The Morgan fingerprint density at radius 1 is 1.73 bits per heavy atom. The molecular weight excluding hydrogens is 144 g/mol. The SMILES string of the molecule is CCCOCC1CCC(=O)O1. The molecule has 11 heavy (non-hydrogen) atoms. The second kappa shape index (κ2) is 4.34. The van der Waals surface area contributed by atoms with Crippen LogP contribution in [0.15, 0.2) is 0 Å². The predicted octanol–water partition coefficient (Wildman–Crippen LogP) is 1.12. The highest BCUT2D eigenvalue weighted by atomic mass is 16.6. The summed E-state index contributed by atoms with van der Waals surface area (Å²) >= 11 is 0. The third kappa shape index (κ3) is 2.89. The van der Waals surface area contributed by atoms with Gasteiger partial charge in [0.05, 0.1) is 6.61 Å². The van der Waals surface area contributed by atoms with Crippen LogP contribution in [0.4, 0.5) is 0 Å². The molecule has 1 atom stereocenters. The number of carbonyl (C=O) groups is 1. The van der Waals surface area contributed by atoms with E-state index in [1.54, 1.807) is 0 Å². The van der Waals surface area contributed by atoms with E-state index < -0.39 is 0 Å². The Morgan fingerprint density at radius 2 is 2.55 bits per heavy atom. The van der Waals surface area contributed by atoms with Crippen molar-refractivity contribution in [2.75, 3.05) is 13.2 Å². The van der Waals surface area contributed by atoms with Crippen LogP contribution in [-0.4, -0.2) is 25.3 Å². The molecule has 1 unspecified atom stereocenters. The molecule has 64 valence electrons. The maximum Gasteiger partial charge on any atom is 0.306 e. The molecule has 0 aliphatic carbocycles. The van der Waals surface area contributed by atoms with Gasteiger partial charge in [-0.25, -0.2) is 0 Å². The number of hydrogen-bond acceptors (Lipinski definition) is 3. The van der Waals surface area contributed by atoms with Gasteiger partial charge in [-0.15, -0.1) is 0 Å². The van der Waals surface area contributed by atoms with Crippen LogP contribution in [0.3, 0.4) is 0 Å². The zero-order valence-corrected chi connectivity index (χ0v) is 6.84. The van der Waals surface area contributed by atoms with Crippen molar-refractivity contribution in [3.63, 3.8) is 0 Å². The molecule has 0 spiro atoms. The fourth-order valence-electron chi connectivity index (χ4n) is 1.06. The fraction of sp³-hybridized carbons (Fsp3) is 0.875. The second-order valence-electron chi connectivity index (χ2n) is 2.73. The molecule has 0 radical (unpaired) electrons. The minimum atomic E-state index is -0.0879. The smallest absolute Gasteiger partial charge is 0.306 e. The van der Waals surface area contributed by atoms with Gasteiger partial charge in [0.2, 0.25) is 0 Å². The summed E-state index contributed by atoms with van der Waals surface area (Å²) in [7, 11) is 0. The maximum atomic E-state index is 10.6. The van der Waals surface area contributed by atoms with Crippen LogP contribution < -0.4 is 0 Å². The number of hydrogen-bond donors (Lipinski definition) is 0. The molecule has 0 aromatic carbocycles. The molecule has 0 amide bonds. The molecule has 1 aliphatic rings.